The van der Waals surface area contributed by atoms with Crippen molar-refractivity contribution in [2.24, 2.45) is 0 Å². The first-order valence-corrected chi connectivity index (χ1v) is 47.3. The van der Waals surface area contributed by atoms with Crippen molar-refractivity contribution in [3.05, 3.63) is 528 Å². The van der Waals surface area contributed by atoms with E-state index < -0.39 is 0 Å². The third-order valence-corrected chi connectivity index (χ3v) is 27.8. The molecule has 28 aromatic rings. The Balaban J connectivity index is 0.000000108. The van der Waals surface area contributed by atoms with Gasteiger partial charge in [0.25, 0.3) is 0 Å². The van der Waals surface area contributed by atoms with Gasteiger partial charge in [0.2, 0.25) is 0 Å². The van der Waals surface area contributed by atoms with Crippen LogP contribution in [0.5, 0.6) is 0 Å². The summed E-state index contributed by atoms with van der Waals surface area (Å²) in [5.41, 5.74) is 39.1. The van der Waals surface area contributed by atoms with Crippen LogP contribution in [0.15, 0.2) is 532 Å². The maximum atomic E-state index is 6.06. The van der Waals surface area contributed by atoms with Gasteiger partial charge in [-0.05, 0) is 271 Å². The van der Waals surface area contributed by atoms with Gasteiger partial charge in [-0.2, -0.15) is 0 Å². The molecule has 6 nitrogen and oxygen atoms in total. The summed E-state index contributed by atoms with van der Waals surface area (Å²) in [5, 5.41) is 14.8. The van der Waals surface area contributed by atoms with Crippen LogP contribution in [0.1, 0.15) is 0 Å². The molecular formula is C132H87N5O. The van der Waals surface area contributed by atoms with Crippen LogP contribution in [0.3, 0.4) is 0 Å². The highest BCUT2D eigenvalue weighted by molar-refractivity contribution is 6.17. The maximum Gasteiger partial charge on any atom is 0.135 e. The topological polar surface area (TPSA) is 37.8 Å². The second-order valence-electron chi connectivity index (χ2n) is 35.8. The molecule has 0 aliphatic heterocycles. The molecule has 22 aromatic carbocycles. The largest absolute Gasteiger partial charge is 0.456 e. The molecule has 0 amide bonds. The molecule has 0 fully saturated rings. The molecule has 0 aliphatic carbocycles. The Morgan fingerprint density at radius 2 is 0.283 bits per heavy atom. The highest BCUT2D eigenvalue weighted by Gasteiger charge is 2.23. The number of hydrogen-bond donors (Lipinski definition) is 0. The first-order chi connectivity index (χ1) is 68.4. The van der Waals surface area contributed by atoms with Crippen LogP contribution in [0.2, 0.25) is 0 Å². The average molecular weight is 1760 g/mol. The van der Waals surface area contributed by atoms with Crippen molar-refractivity contribution < 1.29 is 4.42 Å². The molecule has 0 atom stereocenters. The summed E-state index contributed by atoms with van der Waals surface area (Å²) in [5.74, 6) is 0. The summed E-state index contributed by atoms with van der Waals surface area (Å²) in [6.45, 7) is 0. The lowest BCUT2D eigenvalue weighted by atomic mass is 9.99. The average Bonchev–Trinajstić information content (AvgIpc) is 1.57. The quantitative estimate of drug-likeness (QED) is 0.113. The van der Waals surface area contributed by atoms with Gasteiger partial charge in [0, 0.05) is 93.1 Å². The number of hydrogen-bond acceptors (Lipinski definition) is 1. The maximum absolute atomic E-state index is 6.06. The number of nitrogens with zero attached hydrogens (tertiary/aromatic N) is 5. The first kappa shape index (κ1) is 80.5. The molecule has 0 spiro atoms. The van der Waals surface area contributed by atoms with E-state index in [2.05, 4.69) is 538 Å². The zero-order chi connectivity index (χ0) is 91.1. The highest BCUT2D eigenvalue weighted by atomic mass is 16.3. The van der Waals surface area contributed by atoms with Gasteiger partial charge < -0.3 is 27.3 Å². The fourth-order valence-corrected chi connectivity index (χ4v) is 21.3. The van der Waals surface area contributed by atoms with Gasteiger partial charge in [0.15, 0.2) is 0 Å². The normalized spacial score (nSPS) is 11.6. The van der Waals surface area contributed by atoms with Crippen molar-refractivity contribution in [1.82, 2.24) is 22.8 Å². The molecule has 0 unspecified atom stereocenters. The number of rotatable bonds is 13. The lowest BCUT2D eigenvalue weighted by Crippen LogP contribution is -1.94. The predicted molar refractivity (Wildman–Crippen MR) is 582 cm³/mol. The van der Waals surface area contributed by atoms with Crippen molar-refractivity contribution in [3.8, 4) is 117 Å². The number of benzene rings is 22. The molecule has 0 bridgehead atoms. The van der Waals surface area contributed by atoms with E-state index in [9.17, 15) is 0 Å². The van der Waals surface area contributed by atoms with E-state index in [0.717, 1.165) is 39.0 Å². The second kappa shape index (κ2) is 34.0. The summed E-state index contributed by atoms with van der Waals surface area (Å²) < 4.78 is 18.0. The number of furan rings is 1. The lowest BCUT2D eigenvalue weighted by molar-refractivity contribution is 0.669. The van der Waals surface area contributed by atoms with E-state index >= 15 is 0 Å². The molecule has 0 aliphatic rings. The summed E-state index contributed by atoms with van der Waals surface area (Å²) in [6.07, 6.45) is 0. The minimum absolute atomic E-state index is 0.922. The number of fused-ring (bicyclic) bond motifs is 18. The Hall–Kier alpha value is -18.4. The lowest BCUT2D eigenvalue weighted by Gasteiger charge is -2.11. The smallest absolute Gasteiger partial charge is 0.135 e. The molecule has 646 valence electrons. The Labute approximate surface area is 797 Å². The van der Waals surface area contributed by atoms with Gasteiger partial charge in [-0.25, -0.2) is 0 Å². The van der Waals surface area contributed by atoms with Gasteiger partial charge in [-0.1, -0.05) is 346 Å². The van der Waals surface area contributed by atoms with Crippen molar-refractivity contribution in [3.63, 3.8) is 0 Å². The van der Waals surface area contributed by atoms with E-state index in [1.165, 1.54) is 209 Å². The van der Waals surface area contributed by atoms with Gasteiger partial charge in [-0.15, -0.1) is 0 Å². The number of aromatic nitrogens is 5. The van der Waals surface area contributed by atoms with Gasteiger partial charge in [0.05, 0.1) is 55.2 Å². The van der Waals surface area contributed by atoms with E-state index in [4.69, 9.17) is 4.42 Å². The minimum Gasteiger partial charge on any atom is -0.456 e. The summed E-state index contributed by atoms with van der Waals surface area (Å²) in [7, 11) is 0. The van der Waals surface area contributed by atoms with Gasteiger partial charge >= 0.3 is 0 Å². The molecule has 138 heavy (non-hydrogen) atoms. The Morgan fingerprint density at radius 1 is 0.101 bits per heavy atom. The monoisotopic (exact) mass is 1760 g/mol. The summed E-state index contributed by atoms with van der Waals surface area (Å²) >= 11 is 0. The molecule has 0 radical (unpaired) electrons. The molecule has 0 saturated heterocycles. The fraction of sp³-hybridized carbons (Fsp3) is 0. The van der Waals surface area contributed by atoms with E-state index in [0.29, 0.717) is 0 Å². The zero-order valence-electron chi connectivity index (χ0n) is 75.4. The van der Waals surface area contributed by atoms with Gasteiger partial charge in [0.1, 0.15) is 11.2 Å². The van der Waals surface area contributed by atoms with E-state index in [1.54, 1.807) is 0 Å². The third-order valence-electron chi connectivity index (χ3n) is 27.8. The summed E-state index contributed by atoms with van der Waals surface area (Å²) in [4.78, 5) is 0. The van der Waals surface area contributed by atoms with Crippen LogP contribution in [0.4, 0.5) is 0 Å². The van der Waals surface area contributed by atoms with Crippen LogP contribution in [-0.4, -0.2) is 22.8 Å². The SMILES string of the molecule is c1ccc(-c2cccc(-n3c4ccc(-c5ccccc5)cc4c4cc(-c5ccc6c(c5)c5ccccc5n6-c5ccccc5)ccc43)c2)cc1.c1ccc(-c2cccc(-n3c4ccccc4c4cc(-c5ccc6c(c5)c5cc(-c7ccccc7)ccc5n6-c5ccccc5)ccc43)c2)cc1.c1ccc(-c2cccc(-n3c4ccccc4c4cc(-c5ccc6oc7ccccc7c6c5)ccc43)c2)cc1. The molecular weight excluding hydrogens is 1670 g/mol. The van der Waals surface area contributed by atoms with Crippen LogP contribution < -0.4 is 0 Å². The zero-order valence-corrected chi connectivity index (χ0v) is 75.4. The van der Waals surface area contributed by atoms with Crippen LogP contribution in [0, 0.1) is 0 Å². The van der Waals surface area contributed by atoms with Crippen LogP contribution >= 0.6 is 0 Å². The Bertz CT molecular complexity index is 9560. The van der Waals surface area contributed by atoms with Crippen LogP contribution in [0.25, 0.3) is 248 Å². The second-order valence-corrected chi connectivity index (χ2v) is 35.8. The van der Waals surface area contributed by atoms with E-state index in [1.807, 2.05) is 12.1 Å². The Morgan fingerprint density at radius 3 is 0.572 bits per heavy atom. The molecule has 6 heterocycles. The molecule has 0 N–H and O–H groups in total. The predicted octanol–water partition coefficient (Wildman–Crippen LogP) is 35.8. The van der Waals surface area contributed by atoms with Crippen molar-refractivity contribution in [1.29, 1.82) is 0 Å². The minimum atomic E-state index is 0.922. The Kier molecular flexibility index (Phi) is 19.9. The summed E-state index contributed by atoms with van der Waals surface area (Å²) in [6, 6.07) is 191. The van der Waals surface area contributed by atoms with Crippen molar-refractivity contribution in [2.75, 3.05) is 0 Å². The van der Waals surface area contributed by atoms with Crippen molar-refractivity contribution >= 4 is 131 Å². The molecule has 28 rings (SSSR count). The molecule has 6 heteroatoms. The number of para-hydroxylation sites is 6. The standard InChI is InChI=1S/2C48H32N2.C36H23NO/c1-4-13-33(14-5-1)35-17-12-20-40(29-35)50-45-22-11-10-21-41(45)42-31-37(24-27-46(42)50)38-25-28-48-44(32-38)43-30-36(34-15-6-2-7-16-34)23-26-47(43)49(48)39-18-8-3-9-19-39;1-4-13-33(14-5-1)35-17-12-20-40(29-35)50-47-26-23-36(34-15-6-2-7-16-34)30-43(47)44-32-38(25-28-48(44)50)37-24-27-46-42(31-37)41-21-10-11-22-45(41)49(46)39-18-8-3-9-19-39;1-2-9-24(10-3-1)25-11-8-12-28(21-25)37-33-15-6-4-13-29(33)31-22-26(17-19-34(31)37)27-18-20-36-32(23-27)30-14-5-7-16-35(30)38-36/h2*1-32H;1-23H. The third kappa shape index (κ3) is 14.2. The van der Waals surface area contributed by atoms with Gasteiger partial charge in [-0.3, -0.25) is 0 Å². The first-order valence-electron chi connectivity index (χ1n) is 47.3. The highest BCUT2D eigenvalue weighted by Crippen LogP contribution is 2.46. The fourth-order valence-electron chi connectivity index (χ4n) is 21.3. The van der Waals surface area contributed by atoms with E-state index in [-0.39, 0.29) is 0 Å². The van der Waals surface area contributed by atoms with Crippen molar-refractivity contribution in [2.45, 2.75) is 0 Å². The molecule has 0 saturated carbocycles. The van der Waals surface area contributed by atoms with Crippen LogP contribution in [-0.2, 0) is 0 Å². The molecule has 6 aromatic heterocycles.